The molecular formula is C29H38ClN5O5. The molecule has 40 heavy (non-hydrogen) atoms. The second-order valence-corrected chi connectivity index (χ2v) is 12.2. The summed E-state index contributed by atoms with van der Waals surface area (Å²) < 4.78 is 25.0. The van der Waals surface area contributed by atoms with E-state index in [9.17, 15) is 4.79 Å². The molecule has 1 amide bonds. The highest BCUT2D eigenvalue weighted by atomic mass is 35.5. The minimum absolute atomic E-state index is 0.0757. The van der Waals surface area contributed by atoms with Crippen LogP contribution in [0.5, 0.6) is 5.75 Å². The second-order valence-electron chi connectivity index (χ2n) is 11.7. The molecule has 0 bridgehead atoms. The number of carbonyl (C=O) groups excluding carboxylic acids is 1. The molecule has 216 valence electrons. The molecule has 2 atom stereocenters. The van der Waals surface area contributed by atoms with Crippen LogP contribution in [-0.2, 0) is 23.1 Å². The molecule has 5 rings (SSSR count). The van der Waals surface area contributed by atoms with Crippen molar-refractivity contribution in [1.82, 2.24) is 25.2 Å². The summed E-state index contributed by atoms with van der Waals surface area (Å²) in [6, 6.07) is 9.31. The van der Waals surface area contributed by atoms with Gasteiger partial charge in [-0.1, -0.05) is 22.8 Å². The average Bonchev–Trinajstić information content (AvgIpc) is 3.54. The van der Waals surface area contributed by atoms with Gasteiger partial charge in [-0.3, -0.25) is 0 Å². The van der Waals surface area contributed by atoms with Gasteiger partial charge < -0.3 is 28.6 Å². The van der Waals surface area contributed by atoms with Crippen molar-refractivity contribution in [2.24, 2.45) is 7.05 Å². The molecule has 1 saturated carbocycles. The number of ether oxygens (including phenoxy) is 3. The summed E-state index contributed by atoms with van der Waals surface area (Å²) in [5.41, 5.74) is 0.460. The Morgan fingerprint density at radius 2 is 1.88 bits per heavy atom. The fraction of sp³-hybridized carbons (Fsp3) is 0.586. The first-order chi connectivity index (χ1) is 19.1. The maximum atomic E-state index is 12.0. The second kappa shape index (κ2) is 12.2. The van der Waals surface area contributed by atoms with E-state index in [-0.39, 0.29) is 12.1 Å². The molecule has 10 nitrogen and oxygen atoms in total. The van der Waals surface area contributed by atoms with E-state index in [1.165, 1.54) is 0 Å². The molecule has 1 N–H and O–H groups in total. The molecule has 1 aliphatic carbocycles. The minimum atomic E-state index is -0.526. The topological polar surface area (TPSA) is 114 Å². The lowest BCUT2D eigenvalue weighted by atomic mass is 9.80. The van der Waals surface area contributed by atoms with E-state index in [0.717, 1.165) is 61.6 Å². The van der Waals surface area contributed by atoms with Crippen molar-refractivity contribution in [2.45, 2.75) is 95.5 Å². The summed E-state index contributed by atoms with van der Waals surface area (Å²) in [4.78, 5) is 12.0. The largest absolute Gasteiger partial charge is 0.486 e. The Bertz CT molecular complexity index is 1290. The number of rotatable bonds is 7. The maximum Gasteiger partial charge on any atom is 0.407 e. The first-order valence-electron chi connectivity index (χ1n) is 14.0. The number of halogens is 1. The monoisotopic (exact) mass is 571 g/mol. The Kier molecular flexibility index (Phi) is 8.65. The molecule has 3 heterocycles. The van der Waals surface area contributed by atoms with Crippen molar-refractivity contribution in [3.8, 4) is 5.75 Å². The number of aromatic nitrogens is 4. The summed E-state index contributed by atoms with van der Waals surface area (Å²) in [7, 11) is 2.00. The van der Waals surface area contributed by atoms with Crippen molar-refractivity contribution < 1.29 is 23.5 Å². The summed E-state index contributed by atoms with van der Waals surface area (Å²) in [5, 5.41) is 16.8. The number of amides is 1. The highest BCUT2D eigenvalue weighted by Crippen LogP contribution is 2.40. The highest BCUT2D eigenvalue weighted by molar-refractivity contribution is 6.30. The molecule has 0 spiro atoms. The van der Waals surface area contributed by atoms with Gasteiger partial charge in [0.25, 0.3) is 0 Å². The van der Waals surface area contributed by atoms with Crippen LogP contribution in [0.15, 0.2) is 34.9 Å². The molecule has 3 aromatic rings. The van der Waals surface area contributed by atoms with Gasteiger partial charge in [0.05, 0.1) is 18.3 Å². The highest BCUT2D eigenvalue weighted by Gasteiger charge is 2.32. The number of nitrogens with one attached hydrogen (secondary N) is 1. The minimum Gasteiger partial charge on any atom is -0.486 e. The summed E-state index contributed by atoms with van der Waals surface area (Å²) in [5.74, 6) is 3.93. The van der Waals surface area contributed by atoms with E-state index in [4.69, 9.17) is 30.3 Å². The van der Waals surface area contributed by atoms with Gasteiger partial charge in [-0.25, -0.2) is 4.79 Å². The fourth-order valence-electron chi connectivity index (χ4n) is 5.42. The first kappa shape index (κ1) is 28.4. The number of nitrogens with zero attached hydrogens (tertiary/aromatic N) is 4. The van der Waals surface area contributed by atoms with Gasteiger partial charge in [0.15, 0.2) is 11.6 Å². The lowest BCUT2D eigenvalue weighted by molar-refractivity contribution is -0.0216. The molecule has 1 aliphatic heterocycles. The van der Waals surface area contributed by atoms with E-state index in [2.05, 4.69) is 25.2 Å². The van der Waals surface area contributed by atoms with Crippen molar-refractivity contribution in [1.29, 1.82) is 0 Å². The molecular weight excluding hydrogens is 534 g/mol. The maximum absolute atomic E-state index is 12.0. The summed E-state index contributed by atoms with van der Waals surface area (Å²) >= 11 is 6.05. The average molecular weight is 572 g/mol. The van der Waals surface area contributed by atoms with Gasteiger partial charge in [0, 0.05) is 30.0 Å². The Balaban J connectivity index is 1.09. The van der Waals surface area contributed by atoms with Gasteiger partial charge in [0.2, 0.25) is 0 Å². The fourth-order valence-corrected chi connectivity index (χ4v) is 5.60. The van der Waals surface area contributed by atoms with Crippen molar-refractivity contribution in [2.75, 3.05) is 6.61 Å². The van der Waals surface area contributed by atoms with Crippen molar-refractivity contribution in [3.63, 3.8) is 0 Å². The lowest BCUT2D eigenvalue weighted by Gasteiger charge is -2.29. The molecule has 2 fully saturated rings. The van der Waals surface area contributed by atoms with Crippen molar-refractivity contribution >= 4 is 17.7 Å². The van der Waals surface area contributed by atoms with Gasteiger partial charge in [-0.05, 0) is 77.5 Å². The third-order valence-corrected chi connectivity index (χ3v) is 7.77. The van der Waals surface area contributed by atoms with E-state index in [1.54, 1.807) is 6.07 Å². The zero-order valence-electron chi connectivity index (χ0n) is 23.6. The predicted molar refractivity (Wildman–Crippen MR) is 148 cm³/mol. The molecule has 1 aromatic carbocycles. The first-order valence-corrected chi connectivity index (χ1v) is 14.4. The molecule has 1 saturated heterocycles. The Morgan fingerprint density at radius 1 is 1.10 bits per heavy atom. The molecule has 11 heteroatoms. The standard InChI is InChI=1S/C29H38ClN5O5/c1-29(2,3)39-28(36)31-21-12-13-24(38-16-21)25-15-23(34-40-25)18-8-10-19(11-9-18)27-33-32-26(35(27)4)17-37-22-7-5-6-20(30)14-22/h5-7,14-15,18-19,21,24H,8-13,16-17H2,1-4H3,(H,31,36)/t18-,19-,21-,24+/m1/s1. The Morgan fingerprint density at radius 3 is 2.58 bits per heavy atom. The zero-order chi connectivity index (χ0) is 28.3. The van der Waals surface area contributed by atoms with E-state index in [0.29, 0.717) is 35.8 Å². The van der Waals surface area contributed by atoms with Crippen LogP contribution in [0.4, 0.5) is 4.79 Å². The van der Waals surface area contributed by atoms with Crippen LogP contribution in [-0.4, -0.2) is 44.3 Å². The van der Waals surface area contributed by atoms with Crippen molar-refractivity contribution in [3.05, 3.63) is 58.5 Å². The predicted octanol–water partition coefficient (Wildman–Crippen LogP) is 6.22. The van der Waals surface area contributed by atoms with Crippen LogP contribution in [0.3, 0.4) is 0 Å². The number of hydrogen-bond donors (Lipinski definition) is 1. The Labute approximate surface area is 239 Å². The molecule has 0 radical (unpaired) electrons. The third kappa shape index (κ3) is 7.14. The molecule has 0 unspecified atom stereocenters. The summed E-state index contributed by atoms with van der Waals surface area (Å²) in [6.07, 6.45) is 4.99. The van der Waals surface area contributed by atoms with Gasteiger partial charge in [-0.2, -0.15) is 0 Å². The van der Waals surface area contributed by atoms with Gasteiger partial charge in [0.1, 0.15) is 29.9 Å². The number of hydrogen-bond acceptors (Lipinski definition) is 8. The number of benzene rings is 1. The van der Waals surface area contributed by atoms with Crippen LogP contribution >= 0.6 is 11.6 Å². The van der Waals surface area contributed by atoms with E-state index < -0.39 is 11.7 Å². The van der Waals surface area contributed by atoms with E-state index >= 15 is 0 Å². The normalized spacial score (nSPS) is 23.5. The zero-order valence-corrected chi connectivity index (χ0v) is 24.3. The van der Waals surface area contributed by atoms with Crippen LogP contribution in [0.1, 0.15) is 100 Å². The Hall–Kier alpha value is -3.11. The SMILES string of the molecule is Cn1c(COc2cccc(Cl)c2)nnc1[C@H]1CC[C@H](c2cc([C@@H]3CC[C@@H](NC(=O)OC(C)(C)C)CO3)on2)CC1. The smallest absolute Gasteiger partial charge is 0.407 e. The summed E-state index contributed by atoms with van der Waals surface area (Å²) in [6.45, 7) is 6.29. The number of carbonyl (C=O) groups is 1. The third-order valence-electron chi connectivity index (χ3n) is 7.53. The van der Waals surface area contributed by atoms with Gasteiger partial charge >= 0.3 is 6.09 Å². The van der Waals surface area contributed by atoms with Gasteiger partial charge in [-0.15, -0.1) is 10.2 Å². The van der Waals surface area contributed by atoms with Crippen LogP contribution in [0, 0.1) is 0 Å². The quantitative estimate of drug-likeness (QED) is 0.355. The van der Waals surface area contributed by atoms with Crippen LogP contribution < -0.4 is 10.1 Å². The lowest BCUT2D eigenvalue weighted by Crippen LogP contribution is -2.43. The molecule has 2 aliphatic rings. The number of alkyl carbamates (subject to hydrolysis) is 1. The van der Waals surface area contributed by atoms with E-state index in [1.807, 2.05) is 52.1 Å². The van der Waals surface area contributed by atoms with Crippen LogP contribution in [0.2, 0.25) is 5.02 Å². The molecule has 2 aromatic heterocycles. The van der Waals surface area contributed by atoms with Crippen LogP contribution in [0.25, 0.3) is 0 Å².